The fourth-order valence-corrected chi connectivity index (χ4v) is 5.01. The molecule has 1 fully saturated rings. The first-order valence-electron chi connectivity index (χ1n) is 9.86. The van der Waals surface area contributed by atoms with Crippen LogP contribution in [0.1, 0.15) is 43.4 Å². The highest BCUT2D eigenvalue weighted by molar-refractivity contribution is 9.10. The van der Waals surface area contributed by atoms with Crippen molar-refractivity contribution in [3.63, 3.8) is 0 Å². The molecule has 5 rings (SSSR count). The molecular weight excluding hydrogens is 434 g/mol. The smallest absolute Gasteiger partial charge is 0.219 e. The van der Waals surface area contributed by atoms with E-state index >= 15 is 0 Å². The van der Waals surface area contributed by atoms with Gasteiger partial charge in [0.2, 0.25) is 11.6 Å². The number of amides is 1. The highest BCUT2D eigenvalue weighted by Gasteiger charge is 2.52. The highest BCUT2D eigenvalue weighted by atomic mass is 79.9. The molecule has 3 heterocycles. The molecular formula is C22H22BrN3O3. The molecule has 3 aliphatic rings. The lowest BCUT2D eigenvalue weighted by Crippen LogP contribution is -2.59. The average molecular weight is 456 g/mol. The highest BCUT2D eigenvalue weighted by Crippen LogP contribution is 2.50. The molecule has 1 amide bonds. The number of likely N-dealkylation sites (tertiary alicyclic amines) is 1. The predicted octanol–water partition coefficient (Wildman–Crippen LogP) is 4.04. The Morgan fingerprint density at radius 1 is 1.24 bits per heavy atom. The van der Waals surface area contributed by atoms with Gasteiger partial charge < -0.3 is 14.7 Å². The number of ether oxygens (including phenoxy) is 1. The van der Waals surface area contributed by atoms with Gasteiger partial charge in [-0.25, -0.2) is 5.01 Å². The number of carbonyl (C=O) groups excluding carboxylic acids is 1. The molecule has 6 nitrogen and oxygen atoms in total. The summed E-state index contributed by atoms with van der Waals surface area (Å²) in [4.78, 5) is 13.7. The predicted molar refractivity (Wildman–Crippen MR) is 113 cm³/mol. The van der Waals surface area contributed by atoms with Crippen molar-refractivity contribution in [2.75, 3.05) is 13.1 Å². The molecule has 0 aliphatic carbocycles. The van der Waals surface area contributed by atoms with Crippen molar-refractivity contribution in [2.24, 2.45) is 5.10 Å². The van der Waals surface area contributed by atoms with Crippen LogP contribution in [-0.2, 0) is 4.79 Å². The Morgan fingerprint density at radius 2 is 2.00 bits per heavy atom. The molecule has 2 aromatic rings. The van der Waals surface area contributed by atoms with Crippen molar-refractivity contribution < 1.29 is 14.6 Å². The second-order valence-electron chi connectivity index (χ2n) is 7.86. The van der Waals surface area contributed by atoms with E-state index in [4.69, 9.17) is 9.84 Å². The third-order valence-corrected chi connectivity index (χ3v) is 6.66. The van der Waals surface area contributed by atoms with Crippen LogP contribution in [0.2, 0.25) is 0 Å². The molecule has 0 saturated carbocycles. The second-order valence-corrected chi connectivity index (χ2v) is 8.78. The molecule has 3 aliphatic heterocycles. The van der Waals surface area contributed by atoms with E-state index in [1.54, 1.807) is 13.0 Å². The minimum Gasteiger partial charge on any atom is -0.507 e. The summed E-state index contributed by atoms with van der Waals surface area (Å²) in [7, 11) is 0. The molecule has 1 spiro atoms. The maximum atomic E-state index is 11.8. The molecule has 1 saturated heterocycles. The number of para-hydroxylation sites is 1. The molecule has 1 N–H and O–H groups in total. The Morgan fingerprint density at radius 3 is 2.72 bits per heavy atom. The number of rotatable bonds is 1. The fraction of sp³-hybridized carbons (Fsp3) is 0.364. The van der Waals surface area contributed by atoms with Crippen molar-refractivity contribution in [3.05, 3.63) is 58.1 Å². The lowest BCUT2D eigenvalue weighted by atomic mass is 9.90. The Balaban J connectivity index is 1.57. The fourth-order valence-electron chi connectivity index (χ4n) is 4.63. The van der Waals surface area contributed by atoms with E-state index < -0.39 is 5.72 Å². The van der Waals surface area contributed by atoms with Crippen LogP contribution in [0.4, 0.5) is 0 Å². The summed E-state index contributed by atoms with van der Waals surface area (Å²) in [6.45, 7) is 2.90. The zero-order valence-electron chi connectivity index (χ0n) is 16.1. The molecule has 7 heteroatoms. The topological polar surface area (TPSA) is 65.4 Å². The van der Waals surface area contributed by atoms with Crippen LogP contribution >= 0.6 is 15.9 Å². The molecule has 29 heavy (non-hydrogen) atoms. The lowest BCUT2D eigenvalue weighted by Gasteiger charge is -2.51. The quantitative estimate of drug-likeness (QED) is 0.704. The largest absolute Gasteiger partial charge is 0.507 e. The summed E-state index contributed by atoms with van der Waals surface area (Å²) < 4.78 is 7.57. The standard InChI is InChI=1S/C22H22BrN3O3/c1-14(27)25-10-8-22(9-11-25)26-19(17-12-15(23)6-7-21(17)29-22)13-18(24-26)16-4-2-3-5-20(16)28/h2-7,12,19,28H,8-11,13H2,1H3/t19-/m0/s1. The van der Waals surface area contributed by atoms with E-state index in [2.05, 4.69) is 27.0 Å². The number of phenolic OH excluding ortho intramolecular Hbond substituents is 1. The Bertz CT molecular complexity index is 1010. The van der Waals surface area contributed by atoms with Gasteiger partial charge in [0.15, 0.2) is 0 Å². The summed E-state index contributed by atoms with van der Waals surface area (Å²) in [5.74, 6) is 1.21. The van der Waals surface area contributed by atoms with E-state index in [9.17, 15) is 9.90 Å². The van der Waals surface area contributed by atoms with Gasteiger partial charge in [0.1, 0.15) is 11.5 Å². The second kappa shape index (κ2) is 6.76. The number of nitrogens with zero attached hydrogens (tertiary/aromatic N) is 3. The first kappa shape index (κ1) is 18.5. The molecule has 2 aromatic carbocycles. The number of hydrogen-bond acceptors (Lipinski definition) is 5. The van der Waals surface area contributed by atoms with Gasteiger partial charge in [-0.3, -0.25) is 4.79 Å². The summed E-state index contributed by atoms with van der Waals surface area (Å²) >= 11 is 3.57. The minimum absolute atomic E-state index is 0.0368. The number of phenols is 1. The Kier molecular flexibility index (Phi) is 4.31. The molecule has 0 unspecified atom stereocenters. The first-order chi connectivity index (χ1) is 14.0. The van der Waals surface area contributed by atoms with E-state index in [1.165, 1.54) is 0 Å². The number of fused-ring (bicyclic) bond motifs is 4. The number of benzene rings is 2. The first-order valence-corrected chi connectivity index (χ1v) is 10.7. The van der Waals surface area contributed by atoms with Crippen molar-refractivity contribution in [3.8, 4) is 11.5 Å². The van der Waals surface area contributed by atoms with Crippen LogP contribution in [0.25, 0.3) is 0 Å². The number of piperidine rings is 1. The Hall–Kier alpha value is -2.54. The summed E-state index contributed by atoms with van der Waals surface area (Å²) in [5.41, 5.74) is 2.13. The monoisotopic (exact) mass is 455 g/mol. The third-order valence-electron chi connectivity index (χ3n) is 6.16. The number of halogens is 1. The van der Waals surface area contributed by atoms with Gasteiger partial charge in [-0.1, -0.05) is 28.1 Å². The number of aromatic hydroxyl groups is 1. The zero-order valence-corrected chi connectivity index (χ0v) is 17.7. The van der Waals surface area contributed by atoms with Gasteiger partial charge in [-0.2, -0.15) is 5.10 Å². The average Bonchev–Trinajstić information content (AvgIpc) is 3.16. The van der Waals surface area contributed by atoms with Gasteiger partial charge in [-0.15, -0.1) is 0 Å². The van der Waals surface area contributed by atoms with Crippen LogP contribution < -0.4 is 4.74 Å². The molecule has 0 bridgehead atoms. The van der Waals surface area contributed by atoms with Crippen molar-refractivity contribution >= 4 is 27.5 Å². The maximum absolute atomic E-state index is 11.8. The lowest BCUT2D eigenvalue weighted by molar-refractivity contribution is -0.158. The zero-order chi connectivity index (χ0) is 20.2. The summed E-state index contributed by atoms with van der Waals surface area (Å²) in [5, 5.41) is 17.4. The van der Waals surface area contributed by atoms with Crippen LogP contribution in [-0.4, -0.2) is 45.4 Å². The third kappa shape index (κ3) is 2.99. The SMILES string of the molecule is CC(=O)N1CCC2(CC1)Oc1ccc(Br)cc1[C@@H]1CC(c3ccccc3O)=NN12. The Labute approximate surface area is 177 Å². The minimum atomic E-state index is -0.580. The number of carbonyl (C=O) groups is 1. The van der Waals surface area contributed by atoms with Gasteiger partial charge in [0.05, 0.1) is 11.8 Å². The summed E-state index contributed by atoms with van der Waals surface area (Å²) in [6, 6.07) is 13.5. The molecule has 0 aromatic heterocycles. The van der Waals surface area contributed by atoms with E-state index in [0.29, 0.717) is 32.4 Å². The van der Waals surface area contributed by atoms with Crippen LogP contribution in [0.5, 0.6) is 11.5 Å². The van der Waals surface area contributed by atoms with Crippen LogP contribution in [0.15, 0.2) is 52.0 Å². The van der Waals surface area contributed by atoms with Gasteiger partial charge in [0, 0.05) is 54.9 Å². The van der Waals surface area contributed by atoms with E-state index in [-0.39, 0.29) is 17.7 Å². The van der Waals surface area contributed by atoms with Crippen molar-refractivity contribution in [1.82, 2.24) is 9.91 Å². The maximum Gasteiger partial charge on any atom is 0.219 e. The molecule has 1 atom stereocenters. The van der Waals surface area contributed by atoms with Gasteiger partial charge in [0.25, 0.3) is 0 Å². The van der Waals surface area contributed by atoms with E-state index in [1.807, 2.05) is 35.2 Å². The van der Waals surface area contributed by atoms with Gasteiger partial charge in [-0.05, 0) is 30.3 Å². The normalized spacial score (nSPS) is 22.0. The van der Waals surface area contributed by atoms with E-state index in [0.717, 1.165) is 27.1 Å². The van der Waals surface area contributed by atoms with Crippen molar-refractivity contribution in [2.45, 2.75) is 38.0 Å². The summed E-state index contributed by atoms with van der Waals surface area (Å²) in [6.07, 6.45) is 2.08. The molecule has 150 valence electrons. The number of hydrogen-bond donors (Lipinski definition) is 1. The number of hydrazone groups is 1. The van der Waals surface area contributed by atoms with Gasteiger partial charge >= 0.3 is 0 Å². The van der Waals surface area contributed by atoms with Crippen LogP contribution in [0, 0.1) is 0 Å². The van der Waals surface area contributed by atoms with Crippen LogP contribution in [0.3, 0.4) is 0 Å². The van der Waals surface area contributed by atoms with Crippen molar-refractivity contribution in [1.29, 1.82) is 0 Å². The molecule has 0 radical (unpaired) electrons.